The summed E-state index contributed by atoms with van der Waals surface area (Å²) in [5.74, 6) is 0.288. The van der Waals surface area contributed by atoms with Crippen molar-refractivity contribution < 1.29 is 13.2 Å². The first kappa shape index (κ1) is 14.1. The summed E-state index contributed by atoms with van der Waals surface area (Å²) in [6.07, 6.45) is 1.09. The van der Waals surface area contributed by atoms with Crippen LogP contribution in [0.4, 0.5) is 13.2 Å². The van der Waals surface area contributed by atoms with Gasteiger partial charge < -0.3 is 9.88 Å². The first-order valence-corrected chi connectivity index (χ1v) is 6.96. The Balaban J connectivity index is 1.96. The lowest BCUT2D eigenvalue weighted by atomic mass is 9.96. The van der Waals surface area contributed by atoms with Crippen LogP contribution in [0.3, 0.4) is 0 Å². The minimum Gasteiger partial charge on any atom is -0.316 e. The number of nitrogens with zero attached hydrogens (tertiary/aromatic N) is 2. The molecule has 0 bridgehead atoms. The molecule has 1 N–H and O–H groups in total. The summed E-state index contributed by atoms with van der Waals surface area (Å²) in [6, 6.07) is 5.36. The van der Waals surface area contributed by atoms with Crippen LogP contribution < -0.4 is 5.32 Å². The van der Waals surface area contributed by atoms with Crippen molar-refractivity contribution in [3.8, 4) is 5.69 Å². The molecule has 0 saturated carbocycles. The summed E-state index contributed by atoms with van der Waals surface area (Å²) in [7, 11) is 0. The van der Waals surface area contributed by atoms with E-state index in [0.717, 1.165) is 37.7 Å². The van der Waals surface area contributed by atoms with E-state index in [0.29, 0.717) is 5.69 Å². The molecular weight excluding hydrogens is 279 g/mol. The highest BCUT2D eigenvalue weighted by molar-refractivity contribution is 5.39. The maximum Gasteiger partial charge on any atom is 0.416 e. The first-order valence-electron chi connectivity index (χ1n) is 6.96. The summed E-state index contributed by atoms with van der Waals surface area (Å²) in [5, 5.41) is 3.32. The Bertz CT molecular complexity index is 613. The molecule has 1 aromatic heterocycles. The normalized spacial score (nSPS) is 19.7. The van der Waals surface area contributed by atoms with Crippen LogP contribution in [0.5, 0.6) is 0 Å². The third-order valence-electron chi connectivity index (χ3n) is 3.83. The number of nitrogens with one attached hydrogen (secondary N) is 1. The Morgan fingerprint density at radius 1 is 1.29 bits per heavy atom. The van der Waals surface area contributed by atoms with Gasteiger partial charge in [-0.2, -0.15) is 13.2 Å². The van der Waals surface area contributed by atoms with Crippen molar-refractivity contribution in [1.82, 2.24) is 14.9 Å². The molecule has 1 atom stereocenters. The van der Waals surface area contributed by atoms with E-state index in [2.05, 4.69) is 10.3 Å². The van der Waals surface area contributed by atoms with Crippen molar-refractivity contribution in [2.24, 2.45) is 0 Å². The number of alkyl halides is 3. The van der Waals surface area contributed by atoms with Gasteiger partial charge in [-0.1, -0.05) is 6.07 Å². The Morgan fingerprint density at radius 2 is 2.14 bits per heavy atom. The van der Waals surface area contributed by atoms with Crippen molar-refractivity contribution in [1.29, 1.82) is 0 Å². The average molecular weight is 295 g/mol. The van der Waals surface area contributed by atoms with E-state index in [9.17, 15) is 13.2 Å². The van der Waals surface area contributed by atoms with Gasteiger partial charge in [0.2, 0.25) is 0 Å². The molecule has 6 heteroatoms. The van der Waals surface area contributed by atoms with Crippen LogP contribution in [0.2, 0.25) is 0 Å². The van der Waals surface area contributed by atoms with Crippen LogP contribution in [-0.2, 0) is 6.18 Å². The molecule has 21 heavy (non-hydrogen) atoms. The highest BCUT2D eigenvalue weighted by Gasteiger charge is 2.30. The molecule has 3 rings (SSSR count). The average Bonchev–Trinajstić information content (AvgIpc) is 2.97. The smallest absolute Gasteiger partial charge is 0.316 e. The second-order valence-corrected chi connectivity index (χ2v) is 5.28. The lowest BCUT2D eigenvalue weighted by molar-refractivity contribution is -0.137. The predicted octanol–water partition coefficient (Wildman–Crippen LogP) is 3.36. The maximum atomic E-state index is 12.8. The molecule has 2 aromatic rings. The SMILES string of the molecule is FC(F)(F)c1cccc(-n2cncc2C2CCCNC2)c1. The molecule has 1 aromatic carbocycles. The highest BCUT2D eigenvalue weighted by atomic mass is 19.4. The van der Waals surface area contributed by atoms with Gasteiger partial charge in [-0.25, -0.2) is 4.98 Å². The zero-order valence-electron chi connectivity index (χ0n) is 11.4. The number of benzene rings is 1. The summed E-state index contributed by atoms with van der Waals surface area (Å²) in [5.41, 5.74) is 0.825. The predicted molar refractivity (Wildman–Crippen MR) is 73.4 cm³/mol. The Kier molecular flexibility index (Phi) is 3.71. The van der Waals surface area contributed by atoms with Gasteiger partial charge in [-0.3, -0.25) is 0 Å². The molecule has 3 nitrogen and oxygen atoms in total. The van der Waals surface area contributed by atoms with E-state index < -0.39 is 11.7 Å². The third-order valence-corrected chi connectivity index (χ3v) is 3.83. The number of aromatic nitrogens is 2. The number of hydrogen-bond acceptors (Lipinski definition) is 2. The van der Waals surface area contributed by atoms with Gasteiger partial charge in [0.15, 0.2) is 0 Å². The Hall–Kier alpha value is -1.82. The van der Waals surface area contributed by atoms with Crippen LogP contribution in [-0.4, -0.2) is 22.6 Å². The molecule has 1 saturated heterocycles. The van der Waals surface area contributed by atoms with Crippen LogP contribution in [0, 0.1) is 0 Å². The monoisotopic (exact) mass is 295 g/mol. The first-order chi connectivity index (χ1) is 10.1. The largest absolute Gasteiger partial charge is 0.416 e. The molecule has 1 aliphatic heterocycles. The van der Waals surface area contributed by atoms with Crippen LogP contribution in [0.15, 0.2) is 36.8 Å². The van der Waals surface area contributed by atoms with Crippen molar-refractivity contribution >= 4 is 0 Å². The number of hydrogen-bond donors (Lipinski definition) is 1. The second kappa shape index (κ2) is 5.52. The molecule has 0 spiro atoms. The summed E-state index contributed by atoms with van der Waals surface area (Å²) >= 11 is 0. The standard InChI is InChI=1S/C15H16F3N3/c16-15(17,18)12-4-1-5-13(7-12)21-10-20-9-14(21)11-3-2-6-19-8-11/h1,4-5,7,9-11,19H,2-3,6,8H2. The van der Waals surface area contributed by atoms with Gasteiger partial charge in [0.1, 0.15) is 0 Å². The molecule has 0 radical (unpaired) electrons. The molecule has 0 amide bonds. The van der Waals surface area contributed by atoms with Crippen molar-refractivity contribution in [3.05, 3.63) is 48.0 Å². The fourth-order valence-corrected chi connectivity index (χ4v) is 2.76. The number of piperidine rings is 1. The van der Waals surface area contributed by atoms with Crippen LogP contribution in [0.1, 0.15) is 30.0 Å². The Morgan fingerprint density at radius 3 is 2.86 bits per heavy atom. The van der Waals surface area contributed by atoms with E-state index in [4.69, 9.17) is 0 Å². The van der Waals surface area contributed by atoms with Crippen molar-refractivity contribution in [2.45, 2.75) is 24.9 Å². The molecule has 1 unspecified atom stereocenters. The van der Waals surface area contributed by atoms with Crippen LogP contribution in [0.25, 0.3) is 5.69 Å². The number of rotatable bonds is 2. The van der Waals surface area contributed by atoms with E-state index >= 15 is 0 Å². The van der Waals surface area contributed by atoms with Crippen LogP contribution >= 0.6 is 0 Å². The fraction of sp³-hybridized carbons (Fsp3) is 0.400. The zero-order valence-corrected chi connectivity index (χ0v) is 11.4. The van der Waals surface area contributed by atoms with Gasteiger partial charge in [-0.05, 0) is 37.6 Å². The second-order valence-electron chi connectivity index (χ2n) is 5.28. The third kappa shape index (κ3) is 2.95. The maximum absolute atomic E-state index is 12.8. The van der Waals surface area contributed by atoms with Gasteiger partial charge in [0, 0.05) is 30.0 Å². The molecule has 2 heterocycles. The Labute approximate surface area is 120 Å². The summed E-state index contributed by atoms with van der Waals surface area (Å²) in [4.78, 5) is 4.12. The molecular formula is C15H16F3N3. The highest BCUT2D eigenvalue weighted by Crippen LogP contribution is 2.31. The topological polar surface area (TPSA) is 29.9 Å². The van der Waals surface area contributed by atoms with Gasteiger partial charge in [-0.15, -0.1) is 0 Å². The fourth-order valence-electron chi connectivity index (χ4n) is 2.76. The van der Waals surface area contributed by atoms with Gasteiger partial charge >= 0.3 is 6.18 Å². The van der Waals surface area contributed by atoms with E-state index in [1.807, 2.05) is 0 Å². The molecule has 1 aliphatic rings. The minimum absolute atomic E-state index is 0.288. The van der Waals surface area contributed by atoms with Crippen molar-refractivity contribution in [2.75, 3.05) is 13.1 Å². The summed E-state index contributed by atoms with van der Waals surface area (Å²) < 4.78 is 40.2. The van der Waals surface area contributed by atoms with Crippen molar-refractivity contribution in [3.63, 3.8) is 0 Å². The van der Waals surface area contributed by atoms with E-state index in [1.165, 1.54) is 12.1 Å². The zero-order chi connectivity index (χ0) is 14.9. The number of imidazole rings is 1. The molecule has 0 aliphatic carbocycles. The van der Waals surface area contributed by atoms with Gasteiger partial charge in [0.25, 0.3) is 0 Å². The summed E-state index contributed by atoms with van der Waals surface area (Å²) in [6.45, 7) is 1.83. The number of halogens is 3. The van der Waals surface area contributed by atoms with E-state index in [1.54, 1.807) is 23.2 Å². The minimum atomic E-state index is -4.33. The van der Waals surface area contributed by atoms with E-state index in [-0.39, 0.29) is 5.92 Å². The molecule has 1 fully saturated rings. The molecule has 112 valence electrons. The lowest BCUT2D eigenvalue weighted by Crippen LogP contribution is -2.29. The quantitative estimate of drug-likeness (QED) is 0.920. The van der Waals surface area contributed by atoms with Gasteiger partial charge in [0.05, 0.1) is 11.9 Å². The lowest BCUT2D eigenvalue weighted by Gasteiger charge is -2.24.